The van der Waals surface area contributed by atoms with Crippen molar-refractivity contribution in [3.05, 3.63) is 94.9 Å². The van der Waals surface area contributed by atoms with Gasteiger partial charge in [0.2, 0.25) is 0 Å². The highest BCUT2D eigenvalue weighted by Crippen LogP contribution is 2.46. The molecule has 4 unspecified atom stereocenters. The average molecular weight is 471 g/mol. The molecule has 3 aromatic rings. The van der Waals surface area contributed by atoms with Gasteiger partial charge in [-0.2, -0.15) is 0 Å². The average Bonchev–Trinajstić information content (AvgIpc) is 3.41. The molecule has 0 N–H and O–H groups in total. The first-order chi connectivity index (χ1) is 16.7. The van der Waals surface area contributed by atoms with E-state index in [2.05, 4.69) is 45.0 Å². The summed E-state index contributed by atoms with van der Waals surface area (Å²) in [6, 6.07) is 21.5. The van der Waals surface area contributed by atoms with E-state index in [4.69, 9.17) is 9.15 Å². The van der Waals surface area contributed by atoms with E-state index < -0.39 is 11.4 Å². The van der Waals surface area contributed by atoms with Crippen LogP contribution in [0.25, 0.3) is 0 Å². The number of esters is 1. The lowest BCUT2D eigenvalue weighted by Gasteiger charge is -2.44. The molecule has 2 aliphatic carbocycles. The van der Waals surface area contributed by atoms with Crippen LogP contribution in [-0.4, -0.2) is 17.9 Å². The normalized spacial score (nSPS) is 26.4. The third kappa shape index (κ3) is 3.93. The maximum absolute atomic E-state index is 14.1. The Bertz CT molecular complexity index is 1240. The van der Waals surface area contributed by atoms with Crippen LogP contribution in [0.1, 0.15) is 73.0 Å². The molecule has 0 aliphatic heterocycles. The molecule has 2 aromatic carbocycles. The predicted octanol–water partition coefficient (Wildman–Crippen LogP) is 6.59. The zero-order valence-corrected chi connectivity index (χ0v) is 21.0. The number of carbonyl (C=O) groups excluding carboxylic acids is 2. The predicted molar refractivity (Wildman–Crippen MR) is 135 cm³/mol. The molecule has 4 heteroatoms. The van der Waals surface area contributed by atoms with E-state index in [1.54, 1.807) is 12.1 Å². The van der Waals surface area contributed by atoms with Crippen molar-refractivity contribution in [1.82, 2.24) is 0 Å². The molecule has 1 fully saturated rings. The summed E-state index contributed by atoms with van der Waals surface area (Å²) in [5.41, 5.74) is 1.03. The second-order valence-corrected chi connectivity index (χ2v) is 11.0. The van der Waals surface area contributed by atoms with Gasteiger partial charge >= 0.3 is 5.97 Å². The molecule has 1 heterocycles. The Labute approximate surface area is 207 Å². The minimum absolute atomic E-state index is 0.152. The molecule has 0 bridgehead atoms. The summed E-state index contributed by atoms with van der Waals surface area (Å²) in [6.45, 7) is 8.53. The Morgan fingerprint density at radius 2 is 1.71 bits per heavy atom. The summed E-state index contributed by atoms with van der Waals surface area (Å²) in [7, 11) is 0. The van der Waals surface area contributed by atoms with Crippen LogP contribution < -0.4 is 0 Å². The molecular weight excluding hydrogens is 436 g/mol. The van der Waals surface area contributed by atoms with E-state index in [-0.39, 0.29) is 29.6 Å². The van der Waals surface area contributed by atoms with Gasteiger partial charge in [0.05, 0.1) is 0 Å². The van der Waals surface area contributed by atoms with Gasteiger partial charge in [0.15, 0.2) is 11.2 Å². The number of carbonyl (C=O) groups is 2. The molecule has 4 nitrogen and oxygen atoms in total. The fraction of sp³-hybridized carbons (Fsp3) is 0.419. The van der Waals surface area contributed by atoms with Crippen molar-refractivity contribution in [2.75, 3.05) is 0 Å². The zero-order chi connectivity index (χ0) is 24.8. The lowest BCUT2D eigenvalue weighted by atomic mass is 9.64. The van der Waals surface area contributed by atoms with Crippen molar-refractivity contribution in [1.29, 1.82) is 0 Å². The van der Waals surface area contributed by atoms with Gasteiger partial charge in [-0.1, -0.05) is 81.8 Å². The summed E-state index contributed by atoms with van der Waals surface area (Å²) in [5, 5.41) is 0. The molecule has 4 atom stereocenters. The van der Waals surface area contributed by atoms with E-state index >= 15 is 0 Å². The second-order valence-electron chi connectivity index (χ2n) is 11.0. The largest absolute Gasteiger partial charge is 0.465 e. The first-order valence-corrected chi connectivity index (χ1v) is 12.7. The number of benzene rings is 2. The highest BCUT2D eigenvalue weighted by atomic mass is 16.5. The molecule has 0 radical (unpaired) electrons. The fourth-order valence-corrected chi connectivity index (χ4v) is 6.22. The number of hydrogen-bond acceptors (Lipinski definition) is 4. The third-order valence-corrected chi connectivity index (χ3v) is 8.37. The summed E-state index contributed by atoms with van der Waals surface area (Å²) in [6.07, 6.45) is 2.86. The smallest absolute Gasteiger partial charge is 0.328 e. The highest BCUT2D eigenvalue weighted by Gasteiger charge is 2.57. The number of ketones is 1. The Morgan fingerprint density at radius 1 is 1.00 bits per heavy atom. The summed E-state index contributed by atoms with van der Waals surface area (Å²) in [4.78, 5) is 28.0. The molecule has 5 rings (SSSR count). The van der Waals surface area contributed by atoms with Gasteiger partial charge in [0, 0.05) is 17.9 Å². The van der Waals surface area contributed by atoms with Crippen molar-refractivity contribution in [2.45, 2.75) is 70.3 Å². The van der Waals surface area contributed by atoms with Crippen LogP contribution in [0.4, 0.5) is 0 Å². The summed E-state index contributed by atoms with van der Waals surface area (Å²) >= 11 is 0. The zero-order valence-electron chi connectivity index (χ0n) is 21.0. The van der Waals surface area contributed by atoms with Crippen LogP contribution in [0.3, 0.4) is 0 Å². The minimum atomic E-state index is -1.47. The van der Waals surface area contributed by atoms with Crippen molar-refractivity contribution >= 4 is 11.8 Å². The monoisotopic (exact) mass is 470 g/mol. The molecule has 35 heavy (non-hydrogen) atoms. The van der Waals surface area contributed by atoms with Crippen LogP contribution in [0.5, 0.6) is 0 Å². The minimum Gasteiger partial charge on any atom is -0.465 e. The highest BCUT2D eigenvalue weighted by molar-refractivity contribution is 6.20. The van der Waals surface area contributed by atoms with Crippen LogP contribution >= 0.6 is 0 Å². The number of fused-ring (bicyclic) bond motifs is 1. The van der Waals surface area contributed by atoms with Gasteiger partial charge in [-0.15, -0.1) is 0 Å². The number of Topliss-reactive ketones (excluding diaryl/α,β-unsaturated/α-hetero) is 1. The van der Waals surface area contributed by atoms with E-state index in [9.17, 15) is 9.59 Å². The first kappa shape index (κ1) is 23.6. The van der Waals surface area contributed by atoms with Gasteiger partial charge in [0.25, 0.3) is 0 Å². The number of aryl methyl sites for hydroxylation is 1. The van der Waals surface area contributed by atoms with E-state index in [0.29, 0.717) is 23.0 Å². The SMILES string of the molecule is Cc1ccc(C2(C(=O)OC3CC(C)CCC3C(C)(C)c3ccccc3)Cc3ccccc3C2=O)o1. The Morgan fingerprint density at radius 3 is 2.40 bits per heavy atom. The van der Waals surface area contributed by atoms with Crippen molar-refractivity contribution in [3.63, 3.8) is 0 Å². The van der Waals surface area contributed by atoms with Crippen LogP contribution in [0.2, 0.25) is 0 Å². The molecule has 0 saturated heterocycles. The molecular formula is C31H34O4. The molecule has 2 aliphatic rings. The van der Waals surface area contributed by atoms with Crippen molar-refractivity contribution in [3.8, 4) is 0 Å². The van der Waals surface area contributed by atoms with Crippen molar-refractivity contribution in [2.24, 2.45) is 11.8 Å². The van der Waals surface area contributed by atoms with Crippen LogP contribution in [-0.2, 0) is 26.8 Å². The second kappa shape index (κ2) is 8.82. The summed E-state index contributed by atoms with van der Waals surface area (Å²) in [5.74, 6) is 0.943. The van der Waals surface area contributed by atoms with Crippen LogP contribution in [0.15, 0.2) is 71.1 Å². The van der Waals surface area contributed by atoms with Gasteiger partial charge in [-0.05, 0) is 54.4 Å². The number of furan rings is 1. The number of hydrogen-bond donors (Lipinski definition) is 0. The topological polar surface area (TPSA) is 56.5 Å². The van der Waals surface area contributed by atoms with E-state index in [1.807, 2.05) is 37.3 Å². The van der Waals surface area contributed by atoms with Crippen LogP contribution in [0, 0.1) is 18.8 Å². The molecule has 1 saturated carbocycles. The molecule has 0 amide bonds. The Hall–Kier alpha value is -3.14. The maximum atomic E-state index is 14.1. The summed E-state index contributed by atoms with van der Waals surface area (Å²) < 4.78 is 12.4. The maximum Gasteiger partial charge on any atom is 0.328 e. The van der Waals surface area contributed by atoms with Gasteiger partial charge < -0.3 is 9.15 Å². The first-order valence-electron chi connectivity index (χ1n) is 12.7. The number of rotatable bonds is 5. The lowest BCUT2D eigenvalue weighted by molar-refractivity contribution is -0.162. The van der Waals surface area contributed by atoms with Crippen molar-refractivity contribution < 1.29 is 18.7 Å². The third-order valence-electron chi connectivity index (χ3n) is 8.37. The number of ether oxygens (including phenoxy) is 1. The molecule has 1 aromatic heterocycles. The Kier molecular flexibility index (Phi) is 5.94. The molecule has 182 valence electrons. The van der Waals surface area contributed by atoms with E-state index in [1.165, 1.54) is 5.56 Å². The quantitative estimate of drug-likeness (QED) is 0.312. The fourth-order valence-electron chi connectivity index (χ4n) is 6.22. The van der Waals surface area contributed by atoms with Gasteiger partial charge in [-0.3, -0.25) is 9.59 Å². The van der Waals surface area contributed by atoms with E-state index in [0.717, 1.165) is 24.8 Å². The van der Waals surface area contributed by atoms with Gasteiger partial charge in [0.1, 0.15) is 17.6 Å². The Balaban J connectivity index is 1.51. The molecule has 0 spiro atoms. The standard InChI is InChI=1S/C31H34O4/c1-20-14-16-25(30(3,4)23-11-6-5-7-12-23)26(18-20)35-29(33)31(27-17-15-21(2)34-27)19-22-10-8-9-13-24(22)28(31)32/h5-13,15,17,20,25-26H,14,16,18-19H2,1-4H3. The van der Waals surface area contributed by atoms with Gasteiger partial charge in [-0.25, -0.2) is 0 Å². The lowest BCUT2D eigenvalue weighted by Crippen LogP contribution is -2.49.